The first kappa shape index (κ1) is 30.6. The van der Waals surface area contributed by atoms with Crippen LogP contribution in [0.2, 0.25) is 5.02 Å². The second-order valence-electron chi connectivity index (χ2n) is 9.11. The molecule has 1 saturated carbocycles. The van der Waals surface area contributed by atoms with Gasteiger partial charge in [0.2, 0.25) is 5.91 Å². The van der Waals surface area contributed by atoms with E-state index in [0.717, 1.165) is 31.1 Å². The first-order valence-electron chi connectivity index (χ1n) is 11.6. The number of phenolic OH excluding ortho intramolecular Hbond substituents is 1. The number of carbonyl (C=O) groups is 2. The van der Waals surface area contributed by atoms with Gasteiger partial charge in [0.05, 0.1) is 27.8 Å². The summed E-state index contributed by atoms with van der Waals surface area (Å²) in [5, 5.41) is 16.8. The number of benzene rings is 2. The summed E-state index contributed by atoms with van der Waals surface area (Å²) >= 11 is 5.98. The predicted molar refractivity (Wildman–Crippen MR) is 150 cm³/mol. The second-order valence-corrected chi connectivity index (χ2v) is 9.52. The van der Waals surface area contributed by atoms with Crippen LogP contribution < -0.4 is 16.4 Å². The molecule has 4 rings (SSSR count). The van der Waals surface area contributed by atoms with Gasteiger partial charge in [0.15, 0.2) is 17.3 Å². The Morgan fingerprint density at radius 2 is 1.76 bits per heavy atom. The lowest BCUT2D eigenvalue weighted by atomic mass is 9.90. The number of carbonyl (C=O) groups excluding carboxylic acids is 2. The molecule has 200 valence electrons. The number of pyridine rings is 1. The van der Waals surface area contributed by atoms with Crippen molar-refractivity contribution in [3.8, 4) is 16.9 Å². The van der Waals surface area contributed by atoms with Gasteiger partial charge in [-0.05, 0) is 74.9 Å². The molecule has 1 aliphatic carbocycles. The number of fused-ring (bicyclic) bond motifs is 1. The maximum atomic E-state index is 14.1. The molecule has 1 aromatic heterocycles. The number of hydrogen-bond acceptors (Lipinski definition) is 6. The van der Waals surface area contributed by atoms with Crippen molar-refractivity contribution in [2.24, 2.45) is 5.73 Å². The number of hydrogen-bond donors (Lipinski definition) is 4. The fourth-order valence-electron chi connectivity index (χ4n) is 4.45. The molecule has 1 fully saturated rings. The molecule has 37 heavy (non-hydrogen) atoms. The summed E-state index contributed by atoms with van der Waals surface area (Å²) in [6.07, 6.45) is 4.78. The van der Waals surface area contributed by atoms with Crippen molar-refractivity contribution >= 4 is 64.7 Å². The van der Waals surface area contributed by atoms with Gasteiger partial charge in [0, 0.05) is 23.7 Å². The van der Waals surface area contributed by atoms with Crippen LogP contribution in [0.1, 0.15) is 49.9 Å². The molecule has 1 amide bonds. The molecule has 1 aliphatic rings. The molecular formula is C26H30Cl3FN4O3. The number of amides is 1. The minimum absolute atomic E-state index is 0. The van der Waals surface area contributed by atoms with Gasteiger partial charge in [-0.15, -0.1) is 24.8 Å². The van der Waals surface area contributed by atoms with Crippen LogP contribution in [0.25, 0.3) is 22.0 Å². The zero-order valence-electron chi connectivity index (χ0n) is 20.4. The molecular weight excluding hydrogens is 542 g/mol. The summed E-state index contributed by atoms with van der Waals surface area (Å²) in [4.78, 5) is 28.8. The summed E-state index contributed by atoms with van der Waals surface area (Å²) in [6.45, 7) is 3.16. The van der Waals surface area contributed by atoms with E-state index in [1.54, 1.807) is 25.3 Å². The molecule has 0 aliphatic heterocycles. The SMILES string of the molecule is CC(=O)c1cnc2ccc(-c3cc(F)c(O)c(Cl)c3)cc2c1NC1CCC(NC(=O)C(C)N)CC1.Cl.Cl. The summed E-state index contributed by atoms with van der Waals surface area (Å²) in [5.41, 5.74) is 8.66. The van der Waals surface area contributed by atoms with Crippen LogP contribution >= 0.6 is 36.4 Å². The van der Waals surface area contributed by atoms with E-state index >= 15 is 0 Å². The fraction of sp³-hybridized carbons (Fsp3) is 0.346. The van der Waals surface area contributed by atoms with Crippen molar-refractivity contribution in [3.05, 3.63) is 52.9 Å². The molecule has 1 atom stereocenters. The van der Waals surface area contributed by atoms with E-state index in [4.69, 9.17) is 17.3 Å². The van der Waals surface area contributed by atoms with Crippen LogP contribution in [0.5, 0.6) is 5.75 Å². The zero-order chi connectivity index (χ0) is 25.3. The fourth-order valence-corrected chi connectivity index (χ4v) is 4.65. The molecule has 5 N–H and O–H groups in total. The molecule has 0 saturated heterocycles. The number of nitrogens with one attached hydrogen (secondary N) is 2. The Bertz CT molecular complexity index is 1270. The number of phenols is 1. The van der Waals surface area contributed by atoms with Gasteiger partial charge >= 0.3 is 0 Å². The first-order chi connectivity index (χ1) is 16.6. The van der Waals surface area contributed by atoms with E-state index in [2.05, 4.69) is 15.6 Å². The summed E-state index contributed by atoms with van der Waals surface area (Å²) < 4.78 is 14.1. The number of aromatic nitrogens is 1. The highest BCUT2D eigenvalue weighted by Gasteiger charge is 2.25. The monoisotopic (exact) mass is 570 g/mol. The van der Waals surface area contributed by atoms with E-state index in [0.29, 0.717) is 27.9 Å². The molecule has 0 bridgehead atoms. The number of aromatic hydroxyl groups is 1. The number of halogens is 4. The minimum Gasteiger partial charge on any atom is -0.504 e. The predicted octanol–water partition coefficient (Wildman–Crippen LogP) is 5.63. The summed E-state index contributed by atoms with van der Waals surface area (Å²) in [6, 6.07) is 7.79. The number of Topliss-reactive ketones (excluding diaryl/α,β-unsaturated/α-hetero) is 1. The number of anilines is 1. The lowest BCUT2D eigenvalue weighted by molar-refractivity contribution is -0.122. The molecule has 2 aromatic carbocycles. The summed E-state index contributed by atoms with van der Waals surface area (Å²) in [5.74, 6) is -1.68. The van der Waals surface area contributed by atoms with Crippen LogP contribution in [0.4, 0.5) is 10.1 Å². The molecule has 0 spiro atoms. The minimum atomic E-state index is -0.811. The average molecular weight is 572 g/mol. The standard InChI is InChI=1S/C26H28ClFN4O3.2ClH/c1-13(29)26(35)32-18-6-4-17(5-7-18)31-24-19-9-15(16-10-21(27)25(34)22(28)11-16)3-8-23(19)30-12-20(24)14(2)33;;/h3,8-13,17-18,34H,4-7,29H2,1-2H3,(H,30,31)(H,32,35);2*1H. The highest BCUT2D eigenvalue weighted by atomic mass is 35.5. The number of rotatable bonds is 6. The van der Waals surface area contributed by atoms with Gasteiger partial charge < -0.3 is 21.5 Å². The Balaban J connectivity index is 0.00000241. The van der Waals surface area contributed by atoms with Crippen LogP contribution in [-0.2, 0) is 4.79 Å². The maximum Gasteiger partial charge on any atom is 0.236 e. The molecule has 1 heterocycles. The van der Waals surface area contributed by atoms with Crippen LogP contribution in [0, 0.1) is 5.82 Å². The topological polar surface area (TPSA) is 117 Å². The van der Waals surface area contributed by atoms with Crippen molar-refractivity contribution in [1.82, 2.24) is 10.3 Å². The van der Waals surface area contributed by atoms with Gasteiger partial charge in [0.1, 0.15) is 0 Å². The quantitative estimate of drug-likeness (QED) is 0.285. The van der Waals surface area contributed by atoms with Crippen LogP contribution in [-0.4, -0.2) is 39.9 Å². The summed E-state index contributed by atoms with van der Waals surface area (Å²) in [7, 11) is 0. The van der Waals surface area contributed by atoms with Crippen LogP contribution in [0.15, 0.2) is 36.5 Å². The number of ketones is 1. The van der Waals surface area contributed by atoms with E-state index in [-0.39, 0.29) is 53.6 Å². The second kappa shape index (κ2) is 12.7. The van der Waals surface area contributed by atoms with Gasteiger partial charge in [-0.1, -0.05) is 17.7 Å². The molecule has 0 radical (unpaired) electrons. The largest absolute Gasteiger partial charge is 0.504 e. The molecule has 1 unspecified atom stereocenters. The zero-order valence-corrected chi connectivity index (χ0v) is 22.8. The van der Waals surface area contributed by atoms with Gasteiger partial charge in [-0.2, -0.15) is 0 Å². The van der Waals surface area contributed by atoms with Crippen molar-refractivity contribution < 1.29 is 19.1 Å². The molecule has 7 nitrogen and oxygen atoms in total. The Morgan fingerprint density at radius 3 is 2.35 bits per heavy atom. The third kappa shape index (κ3) is 6.82. The van der Waals surface area contributed by atoms with Crippen LogP contribution in [0.3, 0.4) is 0 Å². The van der Waals surface area contributed by atoms with Crippen molar-refractivity contribution in [2.45, 2.75) is 57.7 Å². The van der Waals surface area contributed by atoms with E-state index in [9.17, 15) is 19.1 Å². The lowest BCUT2D eigenvalue weighted by Gasteiger charge is -2.31. The highest BCUT2D eigenvalue weighted by molar-refractivity contribution is 6.32. The van der Waals surface area contributed by atoms with E-state index < -0.39 is 17.6 Å². The Morgan fingerprint density at radius 1 is 1.11 bits per heavy atom. The number of nitrogens with two attached hydrogens (primary N) is 1. The van der Waals surface area contributed by atoms with Crippen molar-refractivity contribution in [2.75, 3.05) is 5.32 Å². The molecule has 11 heteroatoms. The van der Waals surface area contributed by atoms with Gasteiger partial charge in [-0.25, -0.2) is 4.39 Å². The Hall–Kier alpha value is -2.65. The van der Waals surface area contributed by atoms with Crippen molar-refractivity contribution in [3.63, 3.8) is 0 Å². The molecule has 3 aromatic rings. The average Bonchev–Trinajstić information content (AvgIpc) is 2.83. The van der Waals surface area contributed by atoms with E-state index in [1.807, 2.05) is 6.07 Å². The van der Waals surface area contributed by atoms with E-state index in [1.165, 1.54) is 19.1 Å². The Labute approximate surface area is 232 Å². The lowest BCUT2D eigenvalue weighted by Crippen LogP contribution is -2.46. The van der Waals surface area contributed by atoms with Gasteiger partial charge in [-0.3, -0.25) is 14.6 Å². The Kier molecular flexibility index (Phi) is 10.5. The first-order valence-corrected chi connectivity index (χ1v) is 12.0. The van der Waals surface area contributed by atoms with Crippen molar-refractivity contribution in [1.29, 1.82) is 0 Å². The van der Waals surface area contributed by atoms with Gasteiger partial charge in [0.25, 0.3) is 0 Å². The third-order valence-electron chi connectivity index (χ3n) is 6.43. The third-order valence-corrected chi connectivity index (χ3v) is 6.72. The highest BCUT2D eigenvalue weighted by Crippen LogP contribution is 2.36. The number of nitrogens with zero attached hydrogens (tertiary/aromatic N) is 1. The normalized spacial score (nSPS) is 17.8. The smallest absolute Gasteiger partial charge is 0.236 e. The maximum absolute atomic E-state index is 14.1.